The summed E-state index contributed by atoms with van der Waals surface area (Å²) in [7, 11) is 0. The Balaban J connectivity index is 2.48. The molecule has 2 aromatic heterocycles. The van der Waals surface area contributed by atoms with Gasteiger partial charge in [-0.3, -0.25) is 4.98 Å². The molecule has 2 aromatic rings. The number of aromatic nitrogens is 2. The van der Waals surface area contributed by atoms with E-state index in [-0.39, 0.29) is 5.75 Å². The van der Waals surface area contributed by atoms with Gasteiger partial charge in [0.05, 0.1) is 0 Å². The predicted octanol–water partition coefficient (Wildman–Crippen LogP) is 0.432. The van der Waals surface area contributed by atoms with Crippen LogP contribution in [0.25, 0.3) is 5.69 Å². The number of pyridine rings is 2. The van der Waals surface area contributed by atoms with E-state index in [1.165, 1.54) is 12.3 Å². The zero-order valence-corrected chi connectivity index (χ0v) is 6.92. The molecule has 3 heteroatoms. The van der Waals surface area contributed by atoms with Crippen LogP contribution in [-0.4, -0.2) is 4.98 Å². The van der Waals surface area contributed by atoms with E-state index < -0.39 is 0 Å². The summed E-state index contributed by atoms with van der Waals surface area (Å²) in [6.45, 7) is 0. The smallest absolute Gasteiger partial charge is 0.213 e. The van der Waals surface area contributed by atoms with Crippen molar-refractivity contribution in [2.75, 3.05) is 0 Å². The monoisotopic (exact) mass is 172 g/mol. The third kappa shape index (κ3) is 1.64. The molecule has 0 N–H and O–H groups in total. The normalized spacial score (nSPS) is 9.85. The number of hydrogen-bond acceptors (Lipinski definition) is 2. The standard InChI is InChI=1S/C10H8N2O/c13-10-2-1-7-12(8-10)9-3-5-11-6-4-9/h1-8H. The molecule has 0 bridgehead atoms. The Morgan fingerprint density at radius 2 is 1.92 bits per heavy atom. The Bertz CT molecular complexity index is 401. The maximum Gasteiger partial charge on any atom is 0.213 e. The summed E-state index contributed by atoms with van der Waals surface area (Å²) in [4.78, 5) is 3.90. The summed E-state index contributed by atoms with van der Waals surface area (Å²) >= 11 is 0. The minimum absolute atomic E-state index is 0.000637. The molecular weight excluding hydrogens is 164 g/mol. The zero-order valence-electron chi connectivity index (χ0n) is 6.92. The van der Waals surface area contributed by atoms with Gasteiger partial charge >= 0.3 is 0 Å². The van der Waals surface area contributed by atoms with Gasteiger partial charge in [-0.25, -0.2) is 0 Å². The summed E-state index contributed by atoms with van der Waals surface area (Å²) in [5, 5.41) is 11.0. The van der Waals surface area contributed by atoms with E-state index >= 15 is 0 Å². The first-order chi connectivity index (χ1) is 6.36. The van der Waals surface area contributed by atoms with E-state index in [9.17, 15) is 5.11 Å². The Labute approximate surface area is 75.9 Å². The van der Waals surface area contributed by atoms with Gasteiger partial charge in [-0.1, -0.05) is 6.07 Å². The molecule has 13 heavy (non-hydrogen) atoms. The summed E-state index contributed by atoms with van der Waals surface area (Å²) in [6, 6.07) is 6.94. The lowest BCUT2D eigenvalue weighted by Gasteiger charge is -2.01. The third-order valence-corrected chi connectivity index (χ3v) is 1.73. The van der Waals surface area contributed by atoms with E-state index in [1.54, 1.807) is 23.0 Å². The van der Waals surface area contributed by atoms with Gasteiger partial charge in [0, 0.05) is 30.6 Å². The number of nitrogens with zero attached hydrogens (tertiary/aromatic N) is 2. The highest BCUT2D eigenvalue weighted by Crippen LogP contribution is 2.00. The molecule has 0 saturated heterocycles. The molecule has 0 fully saturated rings. The van der Waals surface area contributed by atoms with E-state index in [4.69, 9.17) is 0 Å². The highest BCUT2D eigenvalue weighted by molar-refractivity contribution is 5.19. The van der Waals surface area contributed by atoms with E-state index in [0.717, 1.165) is 5.69 Å². The minimum Gasteiger partial charge on any atom is -0.868 e. The van der Waals surface area contributed by atoms with Crippen LogP contribution in [0.5, 0.6) is 5.75 Å². The zero-order chi connectivity index (χ0) is 9.10. The molecule has 0 radical (unpaired) electrons. The van der Waals surface area contributed by atoms with Gasteiger partial charge in [0.1, 0.15) is 0 Å². The average molecular weight is 172 g/mol. The van der Waals surface area contributed by atoms with Crippen molar-refractivity contribution in [3.05, 3.63) is 49.1 Å². The summed E-state index contributed by atoms with van der Waals surface area (Å²) in [5.41, 5.74) is 0.938. The molecule has 0 amide bonds. The van der Waals surface area contributed by atoms with E-state index in [1.807, 2.05) is 18.3 Å². The lowest BCUT2D eigenvalue weighted by Crippen LogP contribution is -2.29. The van der Waals surface area contributed by atoms with Crippen LogP contribution in [0.15, 0.2) is 49.1 Å². The highest BCUT2D eigenvalue weighted by Gasteiger charge is 2.01. The van der Waals surface area contributed by atoms with Crippen molar-refractivity contribution in [1.29, 1.82) is 0 Å². The maximum atomic E-state index is 11.0. The maximum absolute atomic E-state index is 11.0. The average Bonchev–Trinajstić information content (AvgIpc) is 2.19. The van der Waals surface area contributed by atoms with Crippen molar-refractivity contribution in [3.63, 3.8) is 0 Å². The lowest BCUT2D eigenvalue weighted by molar-refractivity contribution is -0.599. The molecule has 0 saturated carbocycles. The van der Waals surface area contributed by atoms with Crippen LogP contribution in [0.4, 0.5) is 0 Å². The van der Waals surface area contributed by atoms with E-state index in [0.29, 0.717) is 0 Å². The molecular formula is C10H8N2O. The first-order valence-corrected chi connectivity index (χ1v) is 3.95. The van der Waals surface area contributed by atoms with Crippen molar-refractivity contribution in [3.8, 4) is 11.4 Å². The second-order valence-corrected chi connectivity index (χ2v) is 2.65. The molecule has 0 aliphatic carbocycles. The molecule has 2 rings (SSSR count). The van der Waals surface area contributed by atoms with Gasteiger partial charge in [0.25, 0.3) is 0 Å². The van der Waals surface area contributed by atoms with Gasteiger partial charge in [-0.2, -0.15) is 4.57 Å². The Hall–Kier alpha value is -1.90. The quantitative estimate of drug-likeness (QED) is 0.585. The van der Waals surface area contributed by atoms with Crippen molar-refractivity contribution < 1.29 is 9.67 Å². The second-order valence-electron chi connectivity index (χ2n) is 2.65. The largest absolute Gasteiger partial charge is 0.868 e. The van der Waals surface area contributed by atoms with Crippen LogP contribution in [0.2, 0.25) is 0 Å². The Kier molecular flexibility index (Phi) is 1.92. The van der Waals surface area contributed by atoms with Crippen molar-refractivity contribution >= 4 is 0 Å². The molecule has 0 aliphatic heterocycles. The molecule has 3 nitrogen and oxygen atoms in total. The fourth-order valence-electron chi connectivity index (χ4n) is 1.13. The summed E-state index contributed by atoms with van der Waals surface area (Å²) in [6.07, 6.45) is 6.76. The van der Waals surface area contributed by atoms with Crippen LogP contribution in [0.3, 0.4) is 0 Å². The molecule has 0 spiro atoms. The first kappa shape index (κ1) is 7.73. The Morgan fingerprint density at radius 1 is 1.15 bits per heavy atom. The van der Waals surface area contributed by atoms with Crippen molar-refractivity contribution in [1.82, 2.24) is 4.98 Å². The molecule has 0 atom stereocenters. The highest BCUT2D eigenvalue weighted by atomic mass is 16.3. The summed E-state index contributed by atoms with van der Waals surface area (Å²) < 4.78 is 1.77. The first-order valence-electron chi connectivity index (χ1n) is 3.95. The third-order valence-electron chi connectivity index (χ3n) is 1.73. The number of rotatable bonds is 1. The van der Waals surface area contributed by atoms with Crippen molar-refractivity contribution in [2.24, 2.45) is 0 Å². The SMILES string of the molecule is [O-]c1ccc[n+](-c2ccncc2)c1. The van der Waals surface area contributed by atoms with Crippen LogP contribution in [0, 0.1) is 0 Å². The van der Waals surface area contributed by atoms with Gasteiger partial charge < -0.3 is 5.11 Å². The van der Waals surface area contributed by atoms with Crippen molar-refractivity contribution in [2.45, 2.75) is 0 Å². The van der Waals surface area contributed by atoms with Crippen LogP contribution in [-0.2, 0) is 0 Å². The minimum atomic E-state index is -0.000637. The lowest BCUT2D eigenvalue weighted by atomic mass is 10.3. The molecule has 0 aliphatic rings. The molecule has 0 unspecified atom stereocenters. The predicted molar refractivity (Wildman–Crippen MR) is 45.2 cm³/mol. The van der Waals surface area contributed by atoms with Gasteiger partial charge in [0.2, 0.25) is 5.69 Å². The molecule has 0 aromatic carbocycles. The fourth-order valence-corrected chi connectivity index (χ4v) is 1.13. The van der Waals surface area contributed by atoms with Gasteiger partial charge in [0.15, 0.2) is 12.4 Å². The Morgan fingerprint density at radius 3 is 2.62 bits per heavy atom. The van der Waals surface area contributed by atoms with Crippen LogP contribution < -0.4 is 9.67 Å². The topological polar surface area (TPSA) is 39.8 Å². The van der Waals surface area contributed by atoms with E-state index in [2.05, 4.69) is 4.98 Å². The van der Waals surface area contributed by atoms with Crippen LogP contribution >= 0.6 is 0 Å². The second kappa shape index (κ2) is 3.23. The van der Waals surface area contributed by atoms with Gasteiger partial charge in [-0.15, -0.1) is 0 Å². The molecule has 2 heterocycles. The summed E-state index contributed by atoms with van der Waals surface area (Å²) in [5.74, 6) is -0.000637. The number of hydrogen-bond donors (Lipinski definition) is 0. The van der Waals surface area contributed by atoms with Gasteiger partial charge in [-0.05, 0) is 5.75 Å². The molecule has 64 valence electrons. The fraction of sp³-hybridized carbons (Fsp3) is 0. The van der Waals surface area contributed by atoms with Crippen LogP contribution in [0.1, 0.15) is 0 Å².